The smallest absolute Gasteiger partial charge is 0.225 e. The predicted molar refractivity (Wildman–Crippen MR) is 102 cm³/mol. The molecule has 1 heterocycles. The van der Waals surface area contributed by atoms with Gasteiger partial charge in [-0.2, -0.15) is 0 Å². The molecule has 1 aliphatic rings. The van der Waals surface area contributed by atoms with Crippen molar-refractivity contribution in [2.75, 3.05) is 0 Å². The minimum atomic E-state index is 0.0487. The zero-order chi connectivity index (χ0) is 17.1. The fourth-order valence-electron chi connectivity index (χ4n) is 3.49. The molecule has 1 atom stereocenters. The van der Waals surface area contributed by atoms with Gasteiger partial charge >= 0.3 is 0 Å². The zero-order valence-electron chi connectivity index (χ0n) is 13.9. The van der Waals surface area contributed by atoms with Gasteiger partial charge in [-0.05, 0) is 22.3 Å². The molecule has 25 heavy (non-hydrogen) atoms. The number of allylic oxidation sites excluding steroid dienone is 1. The summed E-state index contributed by atoms with van der Waals surface area (Å²) in [6.07, 6.45) is 0.463. The molecule has 2 nitrogen and oxygen atoms in total. The van der Waals surface area contributed by atoms with Gasteiger partial charge in [0.25, 0.3) is 0 Å². The van der Waals surface area contributed by atoms with E-state index in [1.165, 1.54) is 11.1 Å². The second kappa shape index (κ2) is 6.78. The van der Waals surface area contributed by atoms with Gasteiger partial charge in [0.15, 0.2) is 0 Å². The van der Waals surface area contributed by atoms with Crippen molar-refractivity contribution in [3.63, 3.8) is 0 Å². The fourth-order valence-corrected chi connectivity index (χ4v) is 3.49. The van der Waals surface area contributed by atoms with E-state index in [2.05, 4.69) is 29.6 Å². The maximum absolute atomic E-state index is 12.5. The number of rotatable bonds is 3. The molecule has 4 rings (SSSR count). The first kappa shape index (κ1) is 15.4. The Morgan fingerprint density at radius 3 is 1.80 bits per heavy atom. The van der Waals surface area contributed by atoms with Crippen LogP contribution in [0.15, 0.2) is 91.0 Å². The summed E-state index contributed by atoms with van der Waals surface area (Å²) in [5, 5.41) is 3.12. The van der Waals surface area contributed by atoms with Crippen LogP contribution in [0.5, 0.6) is 0 Å². The molecular formula is C23H19NO. The SMILES string of the molecule is O=C1CC(c2ccccc2)C(c2ccccc2)=C(c2ccccc2)N1. The fraction of sp³-hybridized carbons (Fsp3) is 0.0870. The molecule has 0 radical (unpaired) electrons. The Morgan fingerprint density at radius 2 is 1.20 bits per heavy atom. The highest BCUT2D eigenvalue weighted by Gasteiger charge is 2.30. The van der Waals surface area contributed by atoms with Crippen molar-refractivity contribution in [3.8, 4) is 0 Å². The van der Waals surface area contributed by atoms with E-state index in [0.717, 1.165) is 16.8 Å². The zero-order valence-corrected chi connectivity index (χ0v) is 13.9. The van der Waals surface area contributed by atoms with Crippen molar-refractivity contribution in [2.45, 2.75) is 12.3 Å². The van der Waals surface area contributed by atoms with Crippen molar-refractivity contribution < 1.29 is 4.79 Å². The summed E-state index contributed by atoms with van der Waals surface area (Å²) in [7, 11) is 0. The monoisotopic (exact) mass is 325 g/mol. The Balaban J connectivity index is 1.96. The lowest BCUT2D eigenvalue weighted by Crippen LogP contribution is -2.30. The van der Waals surface area contributed by atoms with Crippen LogP contribution in [-0.2, 0) is 4.79 Å². The van der Waals surface area contributed by atoms with Gasteiger partial charge in [0, 0.05) is 12.3 Å². The van der Waals surface area contributed by atoms with Crippen molar-refractivity contribution in [1.29, 1.82) is 0 Å². The lowest BCUT2D eigenvalue weighted by molar-refractivity contribution is -0.120. The van der Waals surface area contributed by atoms with E-state index in [1.807, 2.05) is 66.7 Å². The normalized spacial score (nSPS) is 17.3. The summed E-state index contributed by atoms with van der Waals surface area (Å²) in [4.78, 5) is 12.5. The number of benzene rings is 3. The molecule has 3 aromatic carbocycles. The summed E-state index contributed by atoms with van der Waals surface area (Å²) in [6.45, 7) is 0. The molecule has 0 fully saturated rings. The topological polar surface area (TPSA) is 29.1 Å². The van der Waals surface area contributed by atoms with Crippen LogP contribution in [-0.4, -0.2) is 5.91 Å². The molecule has 122 valence electrons. The molecular weight excluding hydrogens is 306 g/mol. The second-order valence-electron chi connectivity index (χ2n) is 6.24. The maximum atomic E-state index is 12.5. The van der Waals surface area contributed by atoms with E-state index in [0.29, 0.717) is 6.42 Å². The van der Waals surface area contributed by atoms with Crippen LogP contribution in [0.3, 0.4) is 0 Å². The number of hydrogen-bond acceptors (Lipinski definition) is 1. The standard InChI is InChI=1S/C23H19NO/c25-21-16-20(17-10-4-1-5-11-17)22(18-12-6-2-7-13-18)23(24-21)19-14-8-3-9-15-19/h1-15,20H,16H2,(H,24,25). The Bertz CT molecular complexity index is 899. The predicted octanol–water partition coefficient (Wildman–Crippen LogP) is 4.86. The van der Waals surface area contributed by atoms with E-state index >= 15 is 0 Å². The molecule has 1 N–H and O–H groups in total. The minimum Gasteiger partial charge on any atom is -0.325 e. The van der Waals surface area contributed by atoms with E-state index < -0.39 is 0 Å². The molecule has 0 aromatic heterocycles. The maximum Gasteiger partial charge on any atom is 0.225 e. The highest BCUT2D eigenvalue weighted by Crippen LogP contribution is 2.41. The second-order valence-corrected chi connectivity index (χ2v) is 6.24. The minimum absolute atomic E-state index is 0.0487. The lowest BCUT2D eigenvalue weighted by Gasteiger charge is -2.30. The summed E-state index contributed by atoms with van der Waals surface area (Å²) in [5.74, 6) is 0.111. The van der Waals surface area contributed by atoms with Gasteiger partial charge in [-0.25, -0.2) is 0 Å². The molecule has 0 bridgehead atoms. The molecule has 0 spiro atoms. The van der Waals surface area contributed by atoms with Crippen LogP contribution in [0, 0.1) is 0 Å². The molecule has 1 unspecified atom stereocenters. The number of carbonyl (C=O) groups is 1. The summed E-state index contributed by atoms with van der Waals surface area (Å²) < 4.78 is 0. The third-order valence-corrected chi connectivity index (χ3v) is 4.62. The van der Waals surface area contributed by atoms with Crippen molar-refractivity contribution in [2.24, 2.45) is 0 Å². The number of amides is 1. The van der Waals surface area contributed by atoms with Crippen molar-refractivity contribution in [3.05, 3.63) is 108 Å². The molecule has 0 saturated carbocycles. The van der Waals surface area contributed by atoms with Crippen LogP contribution in [0.2, 0.25) is 0 Å². The van der Waals surface area contributed by atoms with Crippen molar-refractivity contribution >= 4 is 17.2 Å². The summed E-state index contributed by atoms with van der Waals surface area (Å²) >= 11 is 0. The molecule has 1 amide bonds. The molecule has 3 aromatic rings. The van der Waals surface area contributed by atoms with Crippen LogP contribution in [0.25, 0.3) is 11.3 Å². The largest absolute Gasteiger partial charge is 0.325 e. The summed E-state index contributed by atoms with van der Waals surface area (Å²) in [5.41, 5.74) is 5.45. The van der Waals surface area contributed by atoms with Crippen LogP contribution in [0.4, 0.5) is 0 Å². The third kappa shape index (κ3) is 3.11. The lowest BCUT2D eigenvalue weighted by atomic mass is 9.79. The molecule has 2 heteroatoms. The Kier molecular flexibility index (Phi) is 4.17. The Labute approximate surface area is 147 Å². The first-order valence-electron chi connectivity index (χ1n) is 8.53. The average Bonchev–Trinajstić information content (AvgIpc) is 2.69. The number of hydrogen-bond donors (Lipinski definition) is 1. The highest BCUT2D eigenvalue weighted by molar-refractivity contribution is 6.04. The van der Waals surface area contributed by atoms with E-state index in [1.54, 1.807) is 0 Å². The number of nitrogens with one attached hydrogen (secondary N) is 1. The van der Waals surface area contributed by atoms with Crippen molar-refractivity contribution in [1.82, 2.24) is 5.32 Å². The Hall–Kier alpha value is -3.13. The first-order valence-corrected chi connectivity index (χ1v) is 8.53. The molecule has 0 saturated heterocycles. The van der Waals surface area contributed by atoms with Crippen LogP contribution >= 0.6 is 0 Å². The molecule has 0 aliphatic carbocycles. The first-order chi connectivity index (χ1) is 12.3. The van der Waals surface area contributed by atoms with E-state index in [-0.39, 0.29) is 11.8 Å². The third-order valence-electron chi connectivity index (χ3n) is 4.62. The van der Waals surface area contributed by atoms with Gasteiger partial charge in [0.05, 0.1) is 5.70 Å². The number of carbonyl (C=O) groups excluding carboxylic acids is 1. The van der Waals surface area contributed by atoms with Crippen LogP contribution < -0.4 is 5.32 Å². The van der Waals surface area contributed by atoms with Gasteiger partial charge in [-0.15, -0.1) is 0 Å². The summed E-state index contributed by atoms with van der Waals surface area (Å²) in [6, 6.07) is 30.7. The van der Waals surface area contributed by atoms with Gasteiger partial charge in [0.2, 0.25) is 5.91 Å². The van der Waals surface area contributed by atoms with Gasteiger partial charge in [-0.3, -0.25) is 4.79 Å². The van der Waals surface area contributed by atoms with E-state index in [4.69, 9.17) is 0 Å². The van der Waals surface area contributed by atoms with Crippen LogP contribution in [0.1, 0.15) is 29.0 Å². The highest BCUT2D eigenvalue weighted by atomic mass is 16.1. The average molecular weight is 325 g/mol. The Morgan fingerprint density at radius 1 is 0.680 bits per heavy atom. The molecule has 1 aliphatic heterocycles. The quantitative estimate of drug-likeness (QED) is 0.732. The van der Waals surface area contributed by atoms with Gasteiger partial charge in [-0.1, -0.05) is 91.0 Å². The van der Waals surface area contributed by atoms with Gasteiger partial charge in [0.1, 0.15) is 0 Å². The van der Waals surface area contributed by atoms with E-state index in [9.17, 15) is 4.79 Å². The van der Waals surface area contributed by atoms with Gasteiger partial charge < -0.3 is 5.32 Å².